The van der Waals surface area contributed by atoms with Gasteiger partial charge in [0.25, 0.3) is 5.91 Å². The van der Waals surface area contributed by atoms with Crippen LogP contribution in [0.25, 0.3) is 0 Å². The predicted molar refractivity (Wildman–Crippen MR) is 115 cm³/mol. The quantitative estimate of drug-likeness (QED) is 0.529. The Hall–Kier alpha value is -3.20. The van der Waals surface area contributed by atoms with Gasteiger partial charge in [-0.1, -0.05) is 37.3 Å². The lowest BCUT2D eigenvalue weighted by atomic mass is 9.87. The smallest absolute Gasteiger partial charge is 0.344 e. The van der Waals surface area contributed by atoms with Crippen LogP contribution in [0, 0.1) is 0 Å². The number of rotatable bonds is 6. The van der Waals surface area contributed by atoms with Gasteiger partial charge in [0, 0.05) is 11.3 Å². The Labute approximate surface area is 184 Å². The van der Waals surface area contributed by atoms with Gasteiger partial charge in [0.1, 0.15) is 5.54 Å². The molecule has 2 N–H and O–H groups in total. The Bertz CT molecular complexity index is 1000. The zero-order valence-corrected chi connectivity index (χ0v) is 17.9. The molecule has 8 nitrogen and oxygen atoms in total. The molecule has 2 aromatic rings. The third-order valence-electron chi connectivity index (χ3n) is 5.21. The molecule has 0 saturated carbocycles. The lowest BCUT2D eigenvalue weighted by Crippen LogP contribution is -2.49. The standard InChI is InChI=1S/C22H23N3O5S/c1-2-22(15-7-4-3-5-8-15)20(27)25(21(28)23-22)24-19(26)14-31-16-9-10-17-18(13-16)30-12-6-11-29-17/h3-5,7-10,13H,2,6,11-12,14H2,1H3,(H,23,28)(H,24,26)/t22-/m0/s1. The van der Waals surface area contributed by atoms with Gasteiger partial charge in [-0.05, 0) is 30.2 Å². The number of carbonyl (C=O) groups excluding carboxylic acids is 3. The number of nitrogens with zero attached hydrogens (tertiary/aromatic N) is 1. The average Bonchev–Trinajstić information content (AvgIpc) is 2.94. The molecule has 4 rings (SSSR count). The lowest BCUT2D eigenvalue weighted by molar-refractivity contribution is -0.138. The normalized spacial score (nSPS) is 20.2. The van der Waals surface area contributed by atoms with Crippen LogP contribution in [0.15, 0.2) is 53.4 Å². The van der Waals surface area contributed by atoms with E-state index in [1.165, 1.54) is 11.8 Å². The first-order chi connectivity index (χ1) is 15.0. The van der Waals surface area contributed by atoms with Crippen LogP contribution in [-0.4, -0.2) is 41.8 Å². The van der Waals surface area contributed by atoms with Crippen molar-refractivity contribution in [2.75, 3.05) is 19.0 Å². The number of nitrogens with one attached hydrogen (secondary N) is 2. The summed E-state index contributed by atoms with van der Waals surface area (Å²) in [6.07, 6.45) is 1.17. The van der Waals surface area contributed by atoms with Gasteiger partial charge in [-0.2, -0.15) is 5.01 Å². The van der Waals surface area contributed by atoms with Crippen molar-refractivity contribution in [1.29, 1.82) is 0 Å². The summed E-state index contributed by atoms with van der Waals surface area (Å²) in [5, 5.41) is 3.51. The number of thioether (sulfide) groups is 1. The molecular weight excluding hydrogens is 418 g/mol. The SMILES string of the molecule is CC[C@@]1(c2ccccc2)NC(=O)N(NC(=O)CSc2ccc3c(c2)OCCCO3)C1=O. The van der Waals surface area contributed by atoms with E-state index in [9.17, 15) is 14.4 Å². The number of ether oxygens (including phenoxy) is 2. The summed E-state index contributed by atoms with van der Waals surface area (Å²) in [4.78, 5) is 38.8. The number of hydrogen-bond donors (Lipinski definition) is 2. The fourth-order valence-corrected chi connectivity index (χ4v) is 4.29. The van der Waals surface area contributed by atoms with Crippen LogP contribution in [0.1, 0.15) is 25.3 Å². The summed E-state index contributed by atoms with van der Waals surface area (Å²) in [7, 11) is 0. The summed E-state index contributed by atoms with van der Waals surface area (Å²) in [5.74, 6) is 0.400. The maximum absolute atomic E-state index is 13.1. The van der Waals surface area contributed by atoms with Crippen molar-refractivity contribution in [2.45, 2.75) is 30.2 Å². The van der Waals surface area contributed by atoms with E-state index in [1.807, 2.05) is 31.2 Å². The molecule has 1 saturated heterocycles. The molecule has 1 atom stereocenters. The van der Waals surface area contributed by atoms with Crippen LogP contribution in [0.5, 0.6) is 11.5 Å². The minimum atomic E-state index is -1.19. The highest BCUT2D eigenvalue weighted by Crippen LogP contribution is 2.34. The number of benzene rings is 2. The molecule has 31 heavy (non-hydrogen) atoms. The molecule has 2 aliphatic rings. The van der Waals surface area contributed by atoms with Crippen molar-refractivity contribution < 1.29 is 23.9 Å². The van der Waals surface area contributed by atoms with Crippen molar-refractivity contribution in [3.05, 3.63) is 54.1 Å². The fraction of sp³-hybridized carbons (Fsp3) is 0.318. The third kappa shape index (κ3) is 4.18. The minimum Gasteiger partial charge on any atom is -0.490 e. The third-order valence-corrected chi connectivity index (χ3v) is 6.21. The van der Waals surface area contributed by atoms with Crippen LogP contribution < -0.4 is 20.2 Å². The highest BCUT2D eigenvalue weighted by atomic mass is 32.2. The Morgan fingerprint density at radius 3 is 2.61 bits per heavy atom. The van der Waals surface area contributed by atoms with E-state index >= 15 is 0 Å². The number of fused-ring (bicyclic) bond motifs is 1. The second-order valence-corrected chi connectivity index (χ2v) is 8.23. The van der Waals surface area contributed by atoms with Gasteiger partial charge < -0.3 is 14.8 Å². The number of urea groups is 1. The lowest BCUT2D eigenvalue weighted by Gasteiger charge is -2.25. The maximum atomic E-state index is 13.1. The summed E-state index contributed by atoms with van der Waals surface area (Å²) in [6.45, 7) is 3.00. The van der Waals surface area contributed by atoms with Crippen LogP contribution in [0.3, 0.4) is 0 Å². The van der Waals surface area contributed by atoms with Crippen molar-refractivity contribution in [1.82, 2.24) is 15.8 Å². The Balaban J connectivity index is 1.40. The van der Waals surface area contributed by atoms with E-state index in [2.05, 4.69) is 10.7 Å². The maximum Gasteiger partial charge on any atom is 0.344 e. The topological polar surface area (TPSA) is 97.0 Å². The van der Waals surface area contributed by atoms with Gasteiger partial charge in [0.2, 0.25) is 5.91 Å². The zero-order chi connectivity index (χ0) is 21.8. The second-order valence-electron chi connectivity index (χ2n) is 7.18. The van der Waals surface area contributed by atoms with Gasteiger partial charge in [-0.3, -0.25) is 15.0 Å². The molecule has 0 unspecified atom stereocenters. The molecule has 0 aliphatic carbocycles. The van der Waals surface area contributed by atoms with Crippen LogP contribution in [0.2, 0.25) is 0 Å². The van der Waals surface area contributed by atoms with E-state index in [4.69, 9.17) is 9.47 Å². The van der Waals surface area contributed by atoms with Crippen molar-refractivity contribution >= 4 is 29.6 Å². The van der Waals surface area contributed by atoms with Crippen molar-refractivity contribution in [3.63, 3.8) is 0 Å². The molecule has 4 amide bonds. The molecule has 2 heterocycles. The molecular formula is C22H23N3O5S. The average molecular weight is 442 g/mol. The monoisotopic (exact) mass is 441 g/mol. The van der Waals surface area contributed by atoms with Gasteiger partial charge in [-0.25, -0.2) is 4.79 Å². The van der Waals surface area contributed by atoms with E-state index in [0.29, 0.717) is 36.7 Å². The van der Waals surface area contributed by atoms with Crippen LogP contribution in [-0.2, 0) is 15.1 Å². The van der Waals surface area contributed by atoms with E-state index in [1.54, 1.807) is 24.3 Å². The Kier molecular flexibility index (Phi) is 6.03. The number of amides is 4. The van der Waals surface area contributed by atoms with E-state index in [0.717, 1.165) is 16.3 Å². The van der Waals surface area contributed by atoms with E-state index in [-0.39, 0.29) is 5.75 Å². The number of hydrazine groups is 1. The number of hydrogen-bond acceptors (Lipinski definition) is 6. The van der Waals surface area contributed by atoms with Gasteiger partial charge in [0.05, 0.1) is 19.0 Å². The first-order valence-electron chi connectivity index (χ1n) is 10.1. The second kappa shape index (κ2) is 8.89. The molecule has 1 fully saturated rings. The molecule has 2 aromatic carbocycles. The van der Waals surface area contributed by atoms with Crippen molar-refractivity contribution in [3.8, 4) is 11.5 Å². The zero-order valence-electron chi connectivity index (χ0n) is 17.1. The van der Waals surface area contributed by atoms with Crippen molar-refractivity contribution in [2.24, 2.45) is 0 Å². The summed E-state index contributed by atoms with van der Waals surface area (Å²) in [6, 6.07) is 13.8. The molecule has 0 spiro atoms. The fourth-order valence-electron chi connectivity index (χ4n) is 3.58. The number of imide groups is 1. The molecule has 0 bridgehead atoms. The molecule has 0 aromatic heterocycles. The molecule has 2 aliphatic heterocycles. The highest BCUT2D eigenvalue weighted by molar-refractivity contribution is 8.00. The minimum absolute atomic E-state index is 0.0289. The predicted octanol–water partition coefficient (Wildman–Crippen LogP) is 2.83. The first kappa shape index (κ1) is 21.0. The van der Waals surface area contributed by atoms with Gasteiger partial charge in [-0.15, -0.1) is 11.8 Å². The summed E-state index contributed by atoms with van der Waals surface area (Å²) in [5.41, 5.74) is 1.92. The molecule has 9 heteroatoms. The highest BCUT2D eigenvalue weighted by Gasteiger charge is 2.52. The van der Waals surface area contributed by atoms with Gasteiger partial charge >= 0.3 is 6.03 Å². The summed E-state index contributed by atoms with van der Waals surface area (Å²) < 4.78 is 11.3. The molecule has 0 radical (unpaired) electrons. The molecule has 162 valence electrons. The Morgan fingerprint density at radius 2 is 1.87 bits per heavy atom. The first-order valence-corrected chi connectivity index (χ1v) is 11.1. The summed E-state index contributed by atoms with van der Waals surface area (Å²) >= 11 is 1.28. The largest absolute Gasteiger partial charge is 0.490 e. The Morgan fingerprint density at radius 1 is 1.13 bits per heavy atom. The number of carbonyl (C=O) groups is 3. The van der Waals surface area contributed by atoms with Gasteiger partial charge in [0.15, 0.2) is 11.5 Å². The van der Waals surface area contributed by atoms with Crippen LogP contribution >= 0.6 is 11.8 Å². The van der Waals surface area contributed by atoms with E-state index < -0.39 is 23.4 Å². The van der Waals surface area contributed by atoms with Crippen LogP contribution in [0.4, 0.5) is 4.79 Å².